The highest BCUT2D eigenvalue weighted by atomic mass is 19.4. The monoisotopic (exact) mass is 401 g/mol. The molecule has 0 atom stereocenters. The van der Waals surface area contributed by atoms with E-state index in [1.807, 2.05) is 18.7 Å². The van der Waals surface area contributed by atoms with Crippen LogP contribution in [0, 0.1) is 5.92 Å². The van der Waals surface area contributed by atoms with Crippen molar-refractivity contribution in [3.63, 3.8) is 0 Å². The molecule has 1 fully saturated rings. The summed E-state index contributed by atoms with van der Waals surface area (Å²) in [7, 11) is 0. The van der Waals surface area contributed by atoms with Crippen LogP contribution < -0.4 is 15.4 Å². The third-order valence-corrected chi connectivity index (χ3v) is 4.84. The number of rotatable bonds is 6. The number of ether oxygens (including phenoxy) is 1. The number of urea groups is 1. The average Bonchev–Trinajstić information content (AvgIpc) is 2.63. The number of benzene rings is 1. The Morgan fingerprint density at radius 1 is 1.18 bits per heavy atom. The van der Waals surface area contributed by atoms with E-state index in [0.717, 1.165) is 18.9 Å². The lowest BCUT2D eigenvalue weighted by Crippen LogP contribution is -2.48. The van der Waals surface area contributed by atoms with Gasteiger partial charge in [0.15, 0.2) is 5.75 Å². The van der Waals surface area contributed by atoms with Crippen LogP contribution in [-0.4, -0.2) is 42.3 Å². The van der Waals surface area contributed by atoms with E-state index in [9.17, 15) is 22.8 Å². The minimum Gasteiger partial charge on any atom is -0.404 e. The zero-order valence-corrected chi connectivity index (χ0v) is 16.0. The summed E-state index contributed by atoms with van der Waals surface area (Å²) in [6.45, 7) is 5.08. The Morgan fingerprint density at radius 2 is 1.79 bits per heavy atom. The lowest BCUT2D eigenvalue weighted by Gasteiger charge is -2.34. The number of hydrogen-bond acceptors (Lipinski definition) is 3. The minimum atomic E-state index is -4.84. The van der Waals surface area contributed by atoms with E-state index in [1.54, 1.807) is 0 Å². The van der Waals surface area contributed by atoms with Gasteiger partial charge >= 0.3 is 12.4 Å². The molecule has 2 rings (SSSR count). The Bertz CT molecular complexity index is 670. The molecule has 0 aliphatic carbocycles. The van der Waals surface area contributed by atoms with Gasteiger partial charge in [-0.3, -0.25) is 4.79 Å². The number of likely N-dealkylation sites (tertiary alicyclic amines) is 1. The highest BCUT2D eigenvalue weighted by Gasteiger charge is 2.32. The van der Waals surface area contributed by atoms with Crippen LogP contribution in [0.5, 0.6) is 5.75 Å². The number of piperidine rings is 1. The lowest BCUT2D eigenvalue weighted by atomic mass is 9.98. The highest BCUT2D eigenvalue weighted by molar-refractivity contribution is 5.91. The molecule has 6 nitrogen and oxygen atoms in total. The second-order valence-corrected chi connectivity index (χ2v) is 6.76. The summed E-state index contributed by atoms with van der Waals surface area (Å²) in [6, 6.07) is 4.59. The predicted octanol–water partition coefficient (Wildman–Crippen LogP) is 4.13. The van der Waals surface area contributed by atoms with E-state index >= 15 is 0 Å². The van der Waals surface area contributed by atoms with Crippen LogP contribution in [0.1, 0.15) is 39.5 Å². The van der Waals surface area contributed by atoms with Crippen LogP contribution in [0.15, 0.2) is 24.3 Å². The van der Waals surface area contributed by atoms with Gasteiger partial charge in [-0.05, 0) is 37.8 Å². The van der Waals surface area contributed by atoms with Crippen molar-refractivity contribution in [3.8, 4) is 5.75 Å². The number of halogens is 3. The maximum absolute atomic E-state index is 12.5. The highest BCUT2D eigenvalue weighted by Crippen LogP contribution is 2.29. The smallest absolute Gasteiger partial charge is 0.404 e. The molecular formula is C19H26F3N3O3. The minimum absolute atomic E-state index is 0.0259. The normalized spacial score (nSPS) is 15.4. The third-order valence-electron chi connectivity index (χ3n) is 4.84. The number of amides is 3. The molecule has 1 saturated heterocycles. The molecular weight excluding hydrogens is 375 g/mol. The zero-order valence-electron chi connectivity index (χ0n) is 16.0. The predicted molar refractivity (Wildman–Crippen MR) is 99.0 cm³/mol. The Hall–Kier alpha value is -2.45. The van der Waals surface area contributed by atoms with E-state index in [-0.39, 0.29) is 23.6 Å². The standard InChI is InChI=1S/C19H26F3N3O3/c1-3-13(4-2)17(26)25-11-9-14(10-12-25)23-18(27)24-15-7-5-6-8-16(15)28-19(20,21)22/h5-8,13-14H,3-4,9-12H2,1-2H3,(H2,23,24,27). The second-order valence-electron chi connectivity index (χ2n) is 6.76. The van der Waals surface area contributed by atoms with E-state index in [4.69, 9.17) is 0 Å². The van der Waals surface area contributed by atoms with Crippen molar-refractivity contribution >= 4 is 17.6 Å². The molecule has 1 aromatic rings. The van der Waals surface area contributed by atoms with Gasteiger partial charge in [0.05, 0.1) is 5.69 Å². The number of hydrogen-bond donors (Lipinski definition) is 2. The molecule has 1 aliphatic rings. The number of carbonyl (C=O) groups is 2. The Morgan fingerprint density at radius 3 is 2.36 bits per heavy atom. The number of nitrogens with zero attached hydrogens (tertiary/aromatic N) is 1. The molecule has 156 valence electrons. The van der Waals surface area contributed by atoms with Crippen LogP contribution in [0.2, 0.25) is 0 Å². The van der Waals surface area contributed by atoms with Crippen molar-refractivity contribution in [1.29, 1.82) is 0 Å². The van der Waals surface area contributed by atoms with E-state index < -0.39 is 18.1 Å². The number of nitrogens with one attached hydrogen (secondary N) is 2. The first kappa shape index (κ1) is 21.8. The van der Waals surface area contributed by atoms with Gasteiger partial charge in [-0.25, -0.2) is 4.79 Å². The van der Waals surface area contributed by atoms with Gasteiger partial charge in [-0.1, -0.05) is 26.0 Å². The lowest BCUT2D eigenvalue weighted by molar-refractivity contribution is -0.274. The Kier molecular flexibility index (Phi) is 7.53. The molecule has 1 aromatic carbocycles. The summed E-state index contributed by atoms with van der Waals surface area (Å²) < 4.78 is 41.3. The van der Waals surface area contributed by atoms with E-state index in [1.165, 1.54) is 18.2 Å². The maximum Gasteiger partial charge on any atom is 0.573 e. The number of alkyl halides is 3. The molecule has 28 heavy (non-hydrogen) atoms. The van der Waals surface area contributed by atoms with Crippen molar-refractivity contribution in [3.05, 3.63) is 24.3 Å². The first-order chi connectivity index (χ1) is 13.2. The van der Waals surface area contributed by atoms with Gasteiger partial charge in [0, 0.05) is 25.0 Å². The molecule has 0 unspecified atom stereocenters. The van der Waals surface area contributed by atoms with Gasteiger partial charge in [-0.2, -0.15) is 0 Å². The van der Waals surface area contributed by atoms with Crippen LogP contribution in [0.4, 0.5) is 23.7 Å². The molecule has 0 saturated carbocycles. The number of anilines is 1. The van der Waals surface area contributed by atoms with Crippen molar-refractivity contribution in [2.24, 2.45) is 5.92 Å². The molecule has 0 aromatic heterocycles. The third kappa shape index (κ3) is 6.31. The van der Waals surface area contributed by atoms with Gasteiger partial charge in [-0.15, -0.1) is 13.2 Å². The van der Waals surface area contributed by atoms with Crippen LogP contribution in [-0.2, 0) is 4.79 Å². The fourth-order valence-electron chi connectivity index (χ4n) is 3.27. The van der Waals surface area contributed by atoms with Crippen LogP contribution in [0.25, 0.3) is 0 Å². The van der Waals surface area contributed by atoms with Gasteiger partial charge in [0.25, 0.3) is 0 Å². The first-order valence-electron chi connectivity index (χ1n) is 9.44. The van der Waals surface area contributed by atoms with Crippen molar-refractivity contribution in [1.82, 2.24) is 10.2 Å². The first-order valence-corrected chi connectivity index (χ1v) is 9.44. The SMILES string of the molecule is CCC(CC)C(=O)N1CCC(NC(=O)Nc2ccccc2OC(F)(F)F)CC1. The molecule has 1 heterocycles. The second kappa shape index (κ2) is 9.66. The molecule has 9 heteroatoms. The summed E-state index contributed by atoms with van der Waals surface area (Å²) in [5.41, 5.74) is -0.0707. The molecule has 2 N–H and O–H groups in total. The summed E-state index contributed by atoms with van der Waals surface area (Å²) in [5.74, 6) is -0.306. The summed E-state index contributed by atoms with van der Waals surface area (Å²) in [6.07, 6.45) is -2.05. The largest absolute Gasteiger partial charge is 0.573 e. The fourth-order valence-corrected chi connectivity index (χ4v) is 3.27. The van der Waals surface area contributed by atoms with E-state index in [0.29, 0.717) is 25.9 Å². The summed E-state index contributed by atoms with van der Waals surface area (Å²) >= 11 is 0. The average molecular weight is 401 g/mol. The molecule has 1 aliphatic heterocycles. The summed E-state index contributed by atoms with van der Waals surface area (Å²) in [5, 5.41) is 5.14. The summed E-state index contributed by atoms with van der Waals surface area (Å²) in [4.78, 5) is 26.4. The van der Waals surface area contributed by atoms with Gasteiger partial charge in [0.1, 0.15) is 0 Å². The van der Waals surface area contributed by atoms with Gasteiger partial charge < -0.3 is 20.3 Å². The molecule has 0 radical (unpaired) electrons. The van der Waals surface area contributed by atoms with E-state index in [2.05, 4.69) is 15.4 Å². The Balaban J connectivity index is 1.86. The van der Waals surface area contributed by atoms with Crippen LogP contribution >= 0.6 is 0 Å². The van der Waals surface area contributed by atoms with Gasteiger partial charge in [0.2, 0.25) is 5.91 Å². The number of carbonyl (C=O) groups excluding carboxylic acids is 2. The van der Waals surface area contributed by atoms with Crippen LogP contribution in [0.3, 0.4) is 0 Å². The van der Waals surface area contributed by atoms with Crippen molar-refractivity contribution in [2.75, 3.05) is 18.4 Å². The molecule has 0 bridgehead atoms. The zero-order chi connectivity index (χ0) is 20.7. The number of para-hydroxylation sites is 2. The van der Waals surface area contributed by atoms with Crippen molar-refractivity contribution < 1.29 is 27.5 Å². The fraction of sp³-hybridized carbons (Fsp3) is 0.579. The molecule has 3 amide bonds. The maximum atomic E-state index is 12.5. The van der Waals surface area contributed by atoms with Crippen molar-refractivity contribution in [2.45, 2.75) is 51.9 Å². The quantitative estimate of drug-likeness (QED) is 0.753. The Labute approximate surface area is 162 Å². The topological polar surface area (TPSA) is 70.7 Å². The molecule has 0 spiro atoms.